The molecule has 7 heteroatoms. The number of rotatable bonds is 4. The van der Waals surface area contributed by atoms with Crippen molar-refractivity contribution < 1.29 is 17.9 Å². The molecule has 0 saturated carbocycles. The topological polar surface area (TPSA) is 79.5 Å². The van der Waals surface area contributed by atoms with Gasteiger partial charge >= 0.3 is 5.97 Å². The van der Waals surface area contributed by atoms with Crippen molar-refractivity contribution in [3.05, 3.63) is 36.0 Å². The molecule has 2 heterocycles. The van der Waals surface area contributed by atoms with E-state index in [4.69, 9.17) is 4.74 Å². The van der Waals surface area contributed by atoms with Crippen LogP contribution in [0.4, 0.5) is 0 Å². The molecule has 1 aliphatic heterocycles. The molecular weight excluding hydrogens is 316 g/mol. The third-order valence-corrected chi connectivity index (χ3v) is 5.99. The highest BCUT2D eigenvalue weighted by molar-refractivity contribution is 7.91. The van der Waals surface area contributed by atoms with E-state index in [-0.39, 0.29) is 17.5 Å². The minimum atomic E-state index is -2.98. The number of nitrogens with zero attached hydrogens (tertiary/aromatic N) is 1. The van der Waals surface area contributed by atoms with E-state index in [9.17, 15) is 13.2 Å². The van der Waals surface area contributed by atoms with Crippen LogP contribution in [-0.4, -0.2) is 62.0 Å². The van der Waals surface area contributed by atoms with Crippen LogP contribution >= 0.6 is 0 Å². The predicted octanol–water partition coefficient (Wildman–Crippen LogP) is 0.982. The second-order valence-electron chi connectivity index (χ2n) is 5.79. The molecule has 1 aliphatic rings. The van der Waals surface area contributed by atoms with Crippen molar-refractivity contribution in [2.45, 2.75) is 12.5 Å². The molecule has 3 rings (SSSR count). The van der Waals surface area contributed by atoms with Gasteiger partial charge in [-0.3, -0.25) is 9.69 Å². The van der Waals surface area contributed by atoms with Crippen molar-refractivity contribution in [2.24, 2.45) is 0 Å². The molecule has 124 valence electrons. The molecule has 1 N–H and O–H groups in total. The Balaban J connectivity index is 1.84. The Morgan fingerprint density at radius 3 is 2.70 bits per heavy atom. The number of benzene rings is 1. The van der Waals surface area contributed by atoms with Crippen molar-refractivity contribution in [1.82, 2.24) is 9.88 Å². The van der Waals surface area contributed by atoms with Crippen LogP contribution in [0.25, 0.3) is 10.9 Å². The Kier molecular flexibility index (Phi) is 4.41. The van der Waals surface area contributed by atoms with Crippen molar-refractivity contribution in [1.29, 1.82) is 0 Å². The van der Waals surface area contributed by atoms with Gasteiger partial charge in [-0.05, 0) is 11.6 Å². The first-order valence-electron chi connectivity index (χ1n) is 7.57. The van der Waals surface area contributed by atoms with Gasteiger partial charge in [-0.15, -0.1) is 0 Å². The zero-order valence-corrected chi connectivity index (χ0v) is 13.8. The normalized spacial score (nSPS) is 19.5. The standard InChI is InChI=1S/C16H20N2O4S/c1-22-16(19)15(18-6-8-23(20,21)9-7-18)10-12-11-17-14-5-3-2-4-13(12)14/h2-5,11,15,17H,6-10H2,1H3. The molecule has 0 bridgehead atoms. The molecule has 1 aromatic carbocycles. The van der Waals surface area contributed by atoms with Crippen LogP contribution in [0.5, 0.6) is 0 Å². The number of carbonyl (C=O) groups excluding carboxylic acids is 1. The Bertz CT molecular complexity index is 798. The molecule has 0 spiro atoms. The van der Waals surface area contributed by atoms with Gasteiger partial charge in [0.15, 0.2) is 9.84 Å². The lowest BCUT2D eigenvalue weighted by molar-refractivity contribution is -0.146. The van der Waals surface area contributed by atoms with Crippen LogP contribution in [0.1, 0.15) is 5.56 Å². The molecule has 0 radical (unpaired) electrons. The van der Waals surface area contributed by atoms with E-state index in [0.717, 1.165) is 16.5 Å². The highest BCUT2D eigenvalue weighted by Crippen LogP contribution is 2.22. The monoisotopic (exact) mass is 336 g/mol. The number of hydrogen-bond donors (Lipinski definition) is 1. The lowest BCUT2D eigenvalue weighted by atomic mass is 10.0. The fourth-order valence-electron chi connectivity index (χ4n) is 3.04. The molecule has 1 aromatic heterocycles. The molecule has 6 nitrogen and oxygen atoms in total. The van der Waals surface area contributed by atoms with Crippen LogP contribution in [-0.2, 0) is 25.8 Å². The Hall–Kier alpha value is -1.86. The number of para-hydroxylation sites is 1. The van der Waals surface area contributed by atoms with Crippen molar-refractivity contribution in [3.8, 4) is 0 Å². The van der Waals surface area contributed by atoms with Gasteiger partial charge in [-0.25, -0.2) is 8.42 Å². The number of carbonyl (C=O) groups is 1. The molecular formula is C16H20N2O4S. The second kappa shape index (κ2) is 6.33. The number of fused-ring (bicyclic) bond motifs is 1. The third kappa shape index (κ3) is 3.40. The summed E-state index contributed by atoms with van der Waals surface area (Å²) in [6.07, 6.45) is 2.40. The SMILES string of the molecule is COC(=O)C(Cc1c[nH]c2ccccc12)N1CCS(=O)(=O)CC1. The number of ether oxygens (including phenoxy) is 1. The number of H-pyrrole nitrogens is 1. The number of methoxy groups -OCH3 is 1. The summed E-state index contributed by atoms with van der Waals surface area (Å²) in [5, 5.41) is 1.08. The maximum atomic E-state index is 12.2. The molecule has 0 aliphatic carbocycles. The van der Waals surface area contributed by atoms with E-state index in [1.165, 1.54) is 7.11 Å². The van der Waals surface area contributed by atoms with E-state index >= 15 is 0 Å². The number of aromatic nitrogens is 1. The summed E-state index contributed by atoms with van der Waals surface area (Å²) < 4.78 is 28.1. The van der Waals surface area contributed by atoms with Crippen molar-refractivity contribution in [2.75, 3.05) is 31.7 Å². The third-order valence-electron chi connectivity index (χ3n) is 4.38. The summed E-state index contributed by atoms with van der Waals surface area (Å²) >= 11 is 0. The van der Waals surface area contributed by atoms with Gasteiger partial charge in [0, 0.05) is 36.6 Å². The fraction of sp³-hybridized carbons (Fsp3) is 0.438. The molecule has 0 amide bonds. The van der Waals surface area contributed by atoms with E-state index < -0.39 is 15.9 Å². The minimum Gasteiger partial charge on any atom is -0.468 e. The summed E-state index contributed by atoms with van der Waals surface area (Å²) in [6.45, 7) is 0.731. The largest absolute Gasteiger partial charge is 0.468 e. The summed E-state index contributed by atoms with van der Waals surface area (Å²) in [7, 11) is -1.61. The highest BCUT2D eigenvalue weighted by atomic mass is 32.2. The number of aromatic amines is 1. The van der Waals surface area contributed by atoms with Gasteiger partial charge in [0.05, 0.1) is 18.6 Å². The van der Waals surface area contributed by atoms with Crippen LogP contribution in [0.15, 0.2) is 30.5 Å². The van der Waals surface area contributed by atoms with E-state index in [1.54, 1.807) is 0 Å². The van der Waals surface area contributed by atoms with Crippen LogP contribution in [0, 0.1) is 0 Å². The fourth-order valence-corrected chi connectivity index (χ4v) is 4.27. The Morgan fingerprint density at radius 2 is 2.00 bits per heavy atom. The van der Waals surface area contributed by atoms with Crippen molar-refractivity contribution in [3.63, 3.8) is 0 Å². The maximum absolute atomic E-state index is 12.2. The minimum absolute atomic E-state index is 0.0916. The van der Waals surface area contributed by atoms with E-state index in [0.29, 0.717) is 19.5 Å². The highest BCUT2D eigenvalue weighted by Gasteiger charge is 2.32. The van der Waals surface area contributed by atoms with Gasteiger partial charge < -0.3 is 9.72 Å². The molecule has 23 heavy (non-hydrogen) atoms. The number of nitrogens with one attached hydrogen (secondary N) is 1. The zero-order valence-electron chi connectivity index (χ0n) is 13.0. The first kappa shape index (κ1) is 16.0. The second-order valence-corrected chi connectivity index (χ2v) is 8.09. The average molecular weight is 336 g/mol. The summed E-state index contributed by atoms with van der Waals surface area (Å²) in [5.74, 6) is -0.141. The molecule has 1 saturated heterocycles. The molecule has 2 aromatic rings. The zero-order chi connectivity index (χ0) is 16.4. The van der Waals surface area contributed by atoms with Crippen LogP contribution < -0.4 is 0 Å². The van der Waals surface area contributed by atoms with Crippen LogP contribution in [0.3, 0.4) is 0 Å². The van der Waals surface area contributed by atoms with Gasteiger partial charge in [0.25, 0.3) is 0 Å². The van der Waals surface area contributed by atoms with Gasteiger partial charge in [0.1, 0.15) is 6.04 Å². The maximum Gasteiger partial charge on any atom is 0.323 e. The number of esters is 1. The quantitative estimate of drug-likeness (QED) is 0.842. The predicted molar refractivity (Wildman–Crippen MR) is 88.0 cm³/mol. The average Bonchev–Trinajstić information content (AvgIpc) is 2.95. The molecule has 1 atom stereocenters. The summed E-state index contributed by atoms with van der Waals surface area (Å²) in [5.41, 5.74) is 2.05. The lowest BCUT2D eigenvalue weighted by Crippen LogP contribution is -2.50. The van der Waals surface area contributed by atoms with Crippen LogP contribution in [0.2, 0.25) is 0 Å². The smallest absolute Gasteiger partial charge is 0.323 e. The van der Waals surface area contributed by atoms with Crippen molar-refractivity contribution >= 4 is 26.7 Å². The number of sulfone groups is 1. The first-order valence-corrected chi connectivity index (χ1v) is 9.39. The lowest BCUT2D eigenvalue weighted by Gasteiger charge is -2.32. The Labute approximate surface area is 135 Å². The number of hydrogen-bond acceptors (Lipinski definition) is 5. The van der Waals surface area contributed by atoms with Gasteiger partial charge in [-0.1, -0.05) is 18.2 Å². The Morgan fingerprint density at radius 1 is 1.30 bits per heavy atom. The van der Waals surface area contributed by atoms with E-state index in [2.05, 4.69) is 4.98 Å². The van der Waals surface area contributed by atoms with Gasteiger partial charge in [-0.2, -0.15) is 0 Å². The van der Waals surface area contributed by atoms with E-state index in [1.807, 2.05) is 35.4 Å². The molecule has 1 fully saturated rings. The first-order chi connectivity index (χ1) is 11.0. The van der Waals surface area contributed by atoms with Gasteiger partial charge in [0.2, 0.25) is 0 Å². The summed E-state index contributed by atoms with van der Waals surface area (Å²) in [6, 6.07) is 7.45. The summed E-state index contributed by atoms with van der Waals surface area (Å²) in [4.78, 5) is 17.3. The molecule has 1 unspecified atom stereocenters.